The number of H-pyrrole nitrogens is 1. The molecule has 1 aromatic carbocycles. The molecule has 3 rings (SSSR count). The fraction of sp³-hybridized carbons (Fsp3) is 0.500. The normalized spacial score (nSPS) is 22.3. The lowest BCUT2D eigenvalue weighted by Crippen LogP contribution is -2.45. The predicted octanol–water partition coefficient (Wildman–Crippen LogP) is 1.92. The van der Waals surface area contributed by atoms with Gasteiger partial charge in [0.05, 0.1) is 23.2 Å². The molecular formula is C16H21N3O2. The molecule has 0 unspecified atom stereocenters. The molecule has 0 aliphatic heterocycles. The van der Waals surface area contributed by atoms with E-state index in [9.17, 15) is 9.90 Å². The molecule has 0 saturated heterocycles. The van der Waals surface area contributed by atoms with Gasteiger partial charge in [-0.25, -0.2) is 4.98 Å². The molecule has 1 aromatic heterocycles. The van der Waals surface area contributed by atoms with Gasteiger partial charge in [-0.15, -0.1) is 0 Å². The van der Waals surface area contributed by atoms with E-state index in [1.54, 1.807) is 0 Å². The molecule has 112 valence electrons. The number of aromatic amines is 1. The van der Waals surface area contributed by atoms with E-state index in [4.69, 9.17) is 0 Å². The van der Waals surface area contributed by atoms with Gasteiger partial charge < -0.3 is 15.4 Å². The molecule has 0 spiro atoms. The lowest BCUT2D eigenvalue weighted by Gasteiger charge is -2.28. The summed E-state index contributed by atoms with van der Waals surface area (Å²) in [6.45, 7) is 0. The van der Waals surface area contributed by atoms with E-state index in [1.165, 1.54) is 0 Å². The van der Waals surface area contributed by atoms with Crippen LogP contribution in [0.5, 0.6) is 0 Å². The molecular weight excluding hydrogens is 266 g/mol. The zero-order chi connectivity index (χ0) is 14.7. The average Bonchev–Trinajstić information content (AvgIpc) is 2.90. The number of benzene rings is 1. The summed E-state index contributed by atoms with van der Waals surface area (Å²) in [6.07, 6.45) is 4.37. The second kappa shape index (κ2) is 6.26. The Kier molecular flexibility index (Phi) is 4.20. The van der Waals surface area contributed by atoms with Crippen molar-refractivity contribution in [1.82, 2.24) is 15.3 Å². The average molecular weight is 287 g/mol. The molecule has 2 atom stereocenters. The number of amides is 1. The van der Waals surface area contributed by atoms with Gasteiger partial charge in [0.2, 0.25) is 5.91 Å². The molecule has 1 saturated carbocycles. The monoisotopic (exact) mass is 287 g/mol. The summed E-state index contributed by atoms with van der Waals surface area (Å²) in [7, 11) is 0. The van der Waals surface area contributed by atoms with Crippen molar-refractivity contribution in [2.45, 2.75) is 50.7 Å². The van der Waals surface area contributed by atoms with Crippen LogP contribution in [-0.4, -0.2) is 33.1 Å². The molecule has 5 nitrogen and oxygen atoms in total. The van der Waals surface area contributed by atoms with Gasteiger partial charge in [-0.1, -0.05) is 25.0 Å². The SMILES string of the molecule is O=C(CCc1nc2ccccc2[nH]1)N[C@H]1CCCC[C@@H]1O. The number of hydrogen-bond acceptors (Lipinski definition) is 3. The quantitative estimate of drug-likeness (QED) is 0.804. The van der Waals surface area contributed by atoms with Crippen LogP contribution >= 0.6 is 0 Å². The van der Waals surface area contributed by atoms with Crippen molar-refractivity contribution in [3.05, 3.63) is 30.1 Å². The molecule has 3 N–H and O–H groups in total. The number of imidazole rings is 1. The third kappa shape index (κ3) is 3.42. The summed E-state index contributed by atoms with van der Waals surface area (Å²) in [5.41, 5.74) is 1.92. The van der Waals surface area contributed by atoms with Gasteiger partial charge >= 0.3 is 0 Å². The number of carbonyl (C=O) groups is 1. The lowest BCUT2D eigenvalue weighted by atomic mass is 9.92. The van der Waals surface area contributed by atoms with E-state index in [2.05, 4.69) is 15.3 Å². The first-order valence-corrected chi connectivity index (χ1v) is 7.63. The highest BCUT2D eigenvalue weighted by atomic mass is 16.3. The summed E-state index contributed by atoms with van der Waals surface area (Å²) in [4.78, 5) is 19.7. The number of fused-ring (bicyclic) bond motifs is 1. The number of nitrogens with zero attached hydrogens (tertiary/aromatic N) is 1. The Morgan fingerprint density at radius 2 is 2.14 bits per heavy atom. The number of rotatable bonds is 4. The van der Waals surface area contributed by atoms with Gasteiger partial charge in [0.25, 0.3) is 0 Å². The van der Waals surface area contributed by atoms with Crippen molar-refractivity contribution in [3.8, 4) is 0 Å². The number of aryl methyl sites for hydroxylation is 1. The highest BCUT2D eigenvalue weighted by Gasteiger charge is 2.24. The Hall–Kier alpha value is -1.88. The Morgan fingerprint density at radius 3 is 2.95 bits per heavy atom. The van der Waals surface area contributed by atoms with E-state index in [1.807, 2.05) is 24.3 Å². The van der Waals surface area contributed by atoms with Crippen LogP contribution in [0.4, 0.5) is 0 Å². The van der Waals surface area contributed by atoms with E-state index in [0.29, 0.717) is 12.8 Å². The van der Waals surface area contributed by atoms with Gasteiger partial charge in [0.1, 0.15) is 5.82 Å². The number of hydrogen-bond donors (Lipinski definition) is 3. The Bertz CT molecular complexity index is 590. The van der Waals surface area contributed by atoms with Gasteiger partial charge in [-0.2, -0.15) is 0 Å². The zero-order valence-corrected chi connectivity index (χ0v) is 12.0. The topological polar surface area (TPSA) is 78.0 Å². The zero-order valence-electron chi connectivity index (χ0n) is 12.0. The Balaban J connectivity index is 1.53. The second-order valence-corrected chi connectivity index (χ2v) is 5.73. The van der Waals surface area contributed by atoms with Crippen molar-refractivity contribution in [1.29, 1.82) is 0 Å². The van der Waals surface area contributed by atoms with Crippen molar-refractivity contribution >= 4 is 16.9 Å². The second-order valence-electron chi connectivity index (χ2n) is 5.73. The number of aromatic nitrogens is 2. The Morgan fingerprint density at radius 1 is 1.33 bits per heavy atom. The van der Waals surface area contributed by atoms with Crippen LogP contribution in [0.2, 0.25) is 0 Å². The largest absolute Gasteiger partial charge is 0.391 e. The summed E-state index contributed by atoms with van der Waals surface area (Å²) in [5, 5.41) is 12.8. The standard InChI is InChI=1S/C16H21N3O2/c20-14-8-4-3-7-13(14)19-16(21)10-9-15-17-11-5-1-2-6-12(11)18-15/h1-2,5-6,13-14,20H,3-4,7-10H2,(H,17,18)(H,19,21)/t13-,14-/m0/s1. The van der Waals surface area contributed by atoms with Crippen molar-refractivity contribution < 1.29 is 9.90 Å². The highest BCUT2D eigenvalue weighted by molar-refractivity contribution is 5.77. The van der Waals surface area contributed by atoms with Crippen LogP contribution in [0.3, 0.4) is 0 Å². The molecule has 1 aliphatic rings. The summed E-state index contributed by atoms with van der Waals surface area (Å²) in [6, 6.07) is 7.76. The number of para-hydroxylation sites is 2. The summed E-state index contributed by atoms with van der Waals surface area (Å²) < 4.78 is 0. The van der Waals surface area contributed by atoms with E-state index < -0.39 is 6.10 Å². The molecule has 0 bridgehead atoms. The number of aliphatic hydroxyl groups excluding tert-OH is 1. The van der Waals surface area contributed by atoms with E-state index in [0.717, 1.165) is 42.5 Å². The van der Waals surface area contributed by atoms with Crippen LogP contribution in [0.15, 0.2) is 24.3 Å². The minimum absolute atomic E-state index is 0.0126. The van der Waals surface area contributed by atoms with Gasteiger partial charge in [0.15, 0.2) is 0 Å². The van der Waals surface area contributed by atoms with Gasteiger partial charge in [-0.05, 0) is 25.0 Å². The van der Waals surface area contributed by atoms with Crippen molar-refractivity contribution in [2.75, 3.05) is 0 Å². The molecule has 1 amide bonds. The maximum absolute atomic E-state index is 12.0. The van der Waals surface area contributed by atoms with Crippen LogP contribution in [0, 0.1) is 0 Å². The third-order valence-corrected chi connectivity index (χ3v) is 4.10. The summed E-state index contributed by atoms with van der Waals surface area (Å²) in [5.74, 6) is 0.817. The third-order valence-electron chi connectivity index (χ3n) is 4.10. The fourth-order valence-electron chi connectivity index (χ4n) is 2.91. The maximum atomic E-state index is 12.0. The first kappa shape index (κ1) is 14.1. The maximum Gasteiger partial charge on any atom is 0.220 e. The number of nitrogens with one attached hydrogen (secondary N) is 2. The van der Waals surface area contributed by atoms with Crippen LogP contribution in [0.25, 0.3) is 11.0 Å². The van der Waals surface area contributed by atoms with E-state index in [-0.39, 0.29) is 11.9 Å². The number of carbonyl (C=O) groups excluding carboxylic acids is 1. The van der Waals surface area contributed by atoms with Crippen molar-refractivity contribution in [2.24, 2.45) is 0 Å². The first-order valence-electron chi connectivity index (χ1n) is 7.63. The minimum atomic E-state index is -0.395. The first-order chi connectivity index (χ1) is 10.2. The van der Waals surface area contributed by atoms with Gasteiger partial charge in [0, 0.05) is 12.8 Å². The van der Waals surface area contributed by atoms with Crippen molar-refractivity contribution in [3.63, 3.8) is 0 Å². The molecule has 1 aliphatic carbocycles. The van der Waals surface area contributed by atoms with Gasteiger partial charge in [-0.3, -0.25) is 4.79 Å². The lowest BCUT2D eigenvalue weighted by molar-refractivity contribution is -0.123. The Labute approximate surface area is 123 Å². The molecule has 0 radical (unpaired) electrons. The van der Waals surface area contributed by atoms with E-state index >= 15 is 0 Å². The number of aliphatic hydroxyl groups is 1. The molecule has 5 heteroatoms. The molecule has 1 fully saturated rings. The molecule has 1 heterocycles. The molecule has 21 heavy (non-hydrogen) atoms. The van der Waals surface area contributed by atoms with Crippen LogP contribution in [-0.2, 0) is 11.2 Å². The van der Waals surface area contributed by atoms with Crippen LogP contribution < -0.4 is 5.32 Å². The fourth-order valence-corrected chi connectivity index (χ4v) is 2.91. The minimum Gasteiger partial charge on any atom is -0.391 e. The predicted molar refractivity (Wildman–Crippen MR) is 80.8 cm³/mol. The highest BCUT2D eigenvalue weighted by Crippen LogP contribution is 2.18. The van der Waals surface area contributed by atoms with Crippen LogP contribution in [0.1, 0.15) is 37.9 Å². The smallest absolute Gasteiger partial charge is 0.220 e. The summed E-state index contributed by atoms with van der Waals surface area (Å²) >= 11 is 0. The molecule has 2 aromatic rings.